The summed E-state index contributed by atoms with van der Waals surface area (Å²) in [6, 6.07) is 1.34. The van der Waals surface area contributed by atoms with E-state index in [1.165, 1.54) is 7.05 Å². The third kappa shape index (κ3) is 6.12. The Morgan fingerprint density at radius 2 is 1.61 bits per heavy atom. The number of nitrogens with zero attached hydrogens (tertiary/aromatic N) is 3. The molecular formula is C20H26F2N4O5. The molecule has 2 rings (SSSR count). The highest BCUT2D eigenvalue weighted by atomic mass is 19.1. The molecule has 1 aromatic heterocycles. The van der Waals surface area contributed by atoms with Crippen molar-refractivity contribution >= 4 is 12.1 Å². The van der Waals surface area contributed by atoms with Crippen molar-refractivity contribution in [2.45, 2.75) is 59.3 Å². The number of ether oxygens (including phenoxy) is 2. The lowest BCUT2D eigenvalue weighted by atomic mass is 10.1. The van der Waals surface area contributed by atoms with Crippen molar-refractivity contribution in [3.05, 3.63) is 45.6 Å². The molecule has 170 valence electrons. The molecule has 0 radical (unpaired) electrons. The number of rotatable bonds is 4. The van der Waals surface area contributed by atoms with E-state index in [-0.39, 0.29) is 12.4 Å². The maximum absolute atomic E-state index is 14.7. The molecule has 0 unspecified atom stereocenters. The van der Waals surface area contributed by atoms with Crippen LogP contribution in [0.15, 0.2) is 16.9 Å². The Kier molecular flexibility index (Phi) is 6.57. The molecule has 9 nitrogen and oxygen atoms in total. The van der Waals surface area contributed by atoms with Gasteiger partial charge in [-0.25, -0.2) is 23.2 Å². The smallest absolute Gasteiger partial charge is 0.408 e. The molecule has 0 spiro atoms. The highest BCUT2D eigenvalue weighted by Crippen LogP contribution is 2.20. The third-order valence-corrected chi connectivity index (χ3v) is 3.74. The van der Waals surface area contributed by atoms with Crippen LogP contribution in [-0.2, 0) is 23.1 Å². The minimum Gasteiger partial charge on any atom is -0.456 e. The molecule has 1 N–H and O–H groups in total. The molecule has 0 aliphatic rings. The highest BCUT2D eigenvalue weighted by molar-refractivity contribution is 5.90. The Morgan fingerprint density at radius 3 is 2.16 bits per heavy atom. The van der Waals surface area contributed by atoms with Crippen LogP contribution in [0.3, 0.4) is 0 Å². The van der Waals surface area contributed by atoms with Crippen LogP contribution >= 0.6 is 0 Å². The number of benzene rings is 1. The average molecular weight is 440 g/mol. The van der Waals surface area contributed by atoms with Gasteiger partial charge < -0.3 is 14.8 Å². The molecule has 1 aromatic carbocycles. The molecule has 2 aromatic rings. The van der Waals surface area contributed by atoms with Gasteiger partial charge in [0.1, 0.15) is 28.5 Å². The van der Waals surface area contributed by atoms with Crippen LogP contribution < -0.4 is 11.0 Å². The van der Waals surface area contributed by atoms with Crippen molar-refractivity contribution in [3.8, 4) is 5.69 Å². The van der Waals surface area contributed by atoms with Gasteiger partial charge in [0.2, 0.25) is 0 Å². The van der Waals surface area contributed by atoms with E-state index in [2.05, 4.69) is 10.4 Å². The summed E-state index contributed by atoms with van der Waals surface area (Å²) < 4.78 is 41.0. The molecule has 0 fully saturated rings. The summed E-state index contributed by atoms with van der Waals surface area (Å²) in [6.45, 7) is 9.66. The lowest BCUT2D eigenvalue weighted by Gasteiger charge is -2.19. The van der Waals surface area contributed by atoms with Crippen molar-refractivity contribution in [3.63, 3.8) is 0 Å². The number of halogens is 2. The first kappa shape index (κ1) is 24.0. The van der Waals surface area contributed by atoms with Gasteiger partial charge in [0.15, 0.2) is 5.82 Å². The quantitative estimate of drug-likeness (QED) is 0.733. The second-order valence-electron chi connectivity index (χ2n) is 8.81. The van der Waals surface area contributed by atoms with Gasteiger partial charge in [-0.3, -0.25) is 4.57 Å². The normalized spacial score (nSPS) is 11.9. The average Bonchev–Trinajstić information content (AvgIpc) is 2.86. The summed E-state index contributed by atoms with van der Waals surface area (Å²) in [5, 5.41) is 6.39. The first-order valence-corrected chi connectivity index (χ1v) is 9.43. The van der Waals surface area contributed by atoms with Gasteiger partial charge in [-0.05, 0) is 47.6 Å². The molecule has 0 saturated heterocycles. The topological polar surface area (TPSA) is 104 Å². The van der Waals surface area contributed by atoms with E-state index in [0.717, 1.165) is 4.57 Å². The van der Waals surface area contributed by atoms with Crippen LogP contribution in [0.2, 0.25) is 0 Å². The number of alkyl carbamates (subject to hydrolysis) is 1. The van der Waals surface area contributed by atoms with Crippen molar-refractivity contribution in [2.24, 2.45) is 7.05 Å². The molecule has 0 saturated carbocycles. The lowest BCUT2D eigenvalue weighted by molar-refractivity contribution is 0.00638. The van der Waals surface area contributed by atoms with Gasteiger partial charge in [-0.2, -0.15) is 4.68 Å². The predicted octanol–water partition coefficient (Wildman–Crippen LogP) is 2.83. The fraction of sp³-hybridized carbons (Fsp3) is 0.500. The maximum atomic E-state index is 14.7. The summed E-state index contributed by atoms with van der Waals surface area (Å²) in [6.07, 6.45) is -0.728. The van der Waals surface area contributed by atoms with Gasteiger partial charge >= 0.3 is 17.8 Å². The van der Waals surface area contributed by atoms with Crippen molar-refractivity contribution < 1.29 is 27.8 Å². The number of nitrogens with one attached hydrogen (secondary N) is 1. The van der Waals surface area contributed by atoms with E-state index < -0.39 is 51.8 Å². The van der Waals surface area contributed by atoms with E-state index in [4.69, 9.17) is 9.47 Å². The fourth-order valence-corrected chi connectivity index (χ4v) is 2.44. The van der Waals surface area contributed by atoms with Crippen LogP contribution in [0.5, 0.6) is 0 Å². The number of amides is 1. The third-order valence-electron chi connectivity index (χ3n) is 3.74. The number of carbonyl (C=O) groups is 2. The van der Waals surface area contributed by atoms with Gasteiger partial charge in [0.05, 0.1) is 12.1 Å². The van der Waals surface area contributed by atoms with Gasteiger partial charge in [0.25, 0.3) is 0 Å². The zero-order valence-corrected chi connectivity index (χ0v) is 18.5. The van der Waals surface area contributed by atoms with Crippen LogP contribution in [0.1, 0.15) is 57.7 Å². The first-order valence-electron chi connectivity index (χ1n) is 9.43. The monoisotopic (exact) mass is 440 g/mol. The first-order chi connectivity index (χ1) is 14.1. The SMILES string of the molecule is Cn1c(CNC(=O)OC(C)(C)C)nn(-c2cc(F)c(C(=O)OC(C)(C)C)cc2F)c1=O. The predicted molar refractivity (Wildman–Crippen MR) is 107 cm³/mol. The summed E-state index contributed by atoms with van der Waals surface area (Å²) in [4.78, 5) is 36.4. The summed E-state index contributed by atoms with van der Waals surface area (Å²) >= 11 is 0. The van der Waals surface area contributed by atoms with E-state index in [1.807, 2.05) is 0 Å². The number of hydrogen-bond donors (Lipinski definition) is 1. The second kappa shape index (κ2) is 8.48. The minimum absolute atomic E-state index is 0.0758. The van der Waals surface area contributed by atoms with Crippen LogP contribution in [0.4, 0.5) is 13.6 Å². The van der Waals surface area contributed by atoms with E-state index in [0.29, 0.717) is 16.8 Å². The van der Waals surface area contributed by atoms with Crippen molar-refractivity contribution in [1.82, 2.24) is 19.7 Å². The molecule has 11 heteroatoms. The van der Waals surface area contributed by atoms with Crippen LogP contribution in [-0.4, -0.2) is 37.6 Å². The zero-order valence-electron chi connectivity index (χ0n) is 18.5. The molecule has 1 heterocycles. The van der Waals surface area contributed by atoms with E-state index in [9.17, 15) is 23.2 Å². The summed E-state index contributed by atoms with van der Waals surface area (Å²) in [5.41, 5.74) is -3.48. The van der Waals surface area contributed by atoms with E-state index in [1.54, 1.807) is 41.5 Å². The maximum Gasteiger partial charge on any atom is 0.408 e. The largest absolute Gasteiger partial charge is 0.456 e. The second-order valence-corrected chi connectivity index (χ2v) is 8.81. The number of carbonyl (C=O) groups excluding carboxylic acids is 2. The Morgan fingerprint density at radius 1 is 1.03 bits per heavy atom. The number of esters is 1. The lowest BCUT2D eigenvalue weighted by Crippen LogP contribution is -2.33. The number of hydrogen-bond acceptors (Lipinski definition) is 6. The van der Waals surface area contributed by atoms with Gasteiger partial charge in [-0.15, -0.1) is 5.10 Å². The molecule has 0 aliphatic heterocycles. The zero-order chi connectivity index (χ0) is 23.7. The van der Waals surface area contributed by atoms with Gasteiger partial charge in [0, 0.05) is 13.1 Å². The fourth-order valence-electron chi connectivity index (χ4n) is 2.44. The number of aromatic nitrogens is 3. The van der Waals surface area contributed by atoms with Crippen molar-refractivity contribution in [2.75, 3.05) is 0 Å². The Bertz CT molecular complexity index is 1060. The molecule has 0 aliphatic carbocycles. The molecule has 1 amide bonds. The Labute approximate surface area is 177 Å². The molecule has 0 atom stereocenters. The Balaban J connectivity index is 2.32. The molecule has 31 heavy (non-hydrogen) atoms. The molecular weight excluding hydrogens is 414 g/mol. The standard InChI is InChI=1S/C20H26F2N4O5/c1-19(2,3)30-16(27)11-8-13(22)14(9-12(11)21)26-18(29)25(7)15(24-26)10-23-17(28)31-20(4,5)6/h8-9H,10H2,1-7H3,(H,23,28). The molecule has 0 bridgehead atoms. The van der Waals surface area contributed by atoms with Gasteiger partial charge in [-0.1, -0.05) is 0 Å². The Hall–Kier alpha value is -3.24. The van der Waals surface area contributed by atoms with Crippen LogP contribution in [0.25, 0.3) is 5.69 Å². The van der Waals surface area contributed by atoms with E-state index >= 15 is 0 Å². The summed E-state index contributed by atoms with van der Waals surface area (Å²) in [7, 11) is 1.36. The summed E-state index contributed by atoms with van der Waals surface area (Å²) in [5.74, 6) is -3.08. The van der Waals surface area contributed by atoms with Crippen molar-refractivity contribution in [1.29, 1.82) is 0 Å². The van der Waals surface area contributed by atoms with Crippen LogP contribution in [0, 0.1) is 11.6 Å². The highest BCUT2D eigenvalue weighted by Gasteiger charge is 2.25. The minimum atomic E-state index is -1.07.